The van der Waals surface area contributed by atoms with Crippen LogP contribution in [0.1, 0.15) is 117 Å². The smallest absolute Gasteiger partial charge is 0.462 e. The van der Waals surface area contributed by atoms with E-state index >= 15 is 0 Å². The highest BCUT2D eigenvalue weighted by Gasteiger charge is 2.27. The van der Waals surface area contributed by atoms with Crippen LogP contribution in [0, 0.1) is 0 Å². The number of rotatable bonds is 26. The minimum absolute atomic E-state index is 0.187. The Hall–Kier alpha value is -1.03. The molecule has 10 nitrogen and oxygen atoms in total. The van der Waals surface area contributed by atoms with Gasteiger partial charge in [-0.3, -0.25) is 18.6 Å². The molecule has 0 aromatic heterocycles. The Kier molecular flexibility index (Phi) is 23.4. The van der Waals surface area contributed by atoms with Crippen LogP contribution in [0.2, 0.25) is 0 Å². The molecule has 0 saturated carbocycles. The van der Waals surface area contributed by atoms with Crippen molar-refractivity contribution in [2.75, 3.05) is 26.4 Å². The number of phosphoric acid groups is 1. The third kappa shape index (κ3) is 23.8. The molecule has 11 heteroatoms. The number of esters is 2. The summed E-state index contributed by atoms with van der Waals surface area (Å²) in [6.45, 7) is 2.22. The molecular weight excluding hydrogens is 503 g/mol. The molecule has 3 unspecified atom stereocenters. The van der Waals surface area contributed by atoms with Crippen LogP contribution in [-0.2, 0) is 32.7 Å². The topological polar surface area (TPSA) is 149 Å². The molecule has 0 aliphatic heterocycles. The number of unbranched alkanes of at least 4 members (excludes halogenated alkanes) is 12. The largest absolute Gasteiger partial charge is 0.472 e. The fourth-order valence-corrected chi connectivity index (χ4v) is 4.31. The summed E-state index contributed by atoms with van der Waals surface area (Å²) in [7, 11) is -4.58. The average molecular weight is 555 g/mol. The lowest BCUT2D eigenvalue weighted by Gasteiger charge is -2.20. The summed E-state index contributed by atoms with van der Waals surface area (Å²) < 4.78 is 32.1. The molecule has 0 aliphatic rings. The SMILES string of the molecule is CCCCCCCCCC(=O)OCC(COP(=O)(O)OCC(O)CO)OC(=O)CCCCCCCCC. The van der Waals surface area contributed by atoms with Gasteiger partial charge in [0.25, 0.3) is 0 Å². The van der Waals surface area contributed by atoms with Crippen LogP contribution in [0.3, 0.4) is 0 Å². The van der Waals surface area contributed by atoms with E-state index in [1.807, 2.05) is 0 Å². The second-order valence-electron chi connectivity index (χ2n) is 9.43. The van der Waals surface area contributed by atoms with E-state index in [-0.39, 0.29) is 19.4 Å². The van der Waals surface area contributed by atoms with Crippen LogP contribution < -0.4 is 0 Å². The van der Waals surface area contributed by atoms with Crippen LogP contribution in [0.15, 0.2) is 0 Å². The highest BCUT2D eigenvalue weighted by molar-refractivity contribution is 7.47. The number of ether oxygens (including phenoxy) is 2. The summed E-state index contributed by atoms with van der Waals surface area (Å²) in [5, 5.41) is 18.1. The van der Waals surface area contributed by atoms with Gasteiger partial charge in [0, 0.05) is 12.8 Å². The Morgan fingerprint density at radius 3 is 1.68 bits per heavy atom. The Bertz CT molecular complexity index is 616. The molecule has 0 fully saturated rings. The molecule has 0 bridgehead atoms. The predicted octanol–water partition coefficient (Wildman–Crippen LogP) is 5.21. The van der Waals surface area contributed by atoms with Crippen LogP contribution in [0.25, 0.3) is 0 Å². The summed E-state index contributed by atoms with van der Waals surface area (Å²) in [6.07, 6.45) is 12.8. The highest BCUT2D eigenvalue weighted by atomic mass is 31.2. The normalized spacial score (nSPS) is 14.6. The van der Waals surface area contributed by atoms with E-state index in [0.29, 0.717) is 12.8 Å². The van der Waals surface area contributed by atoms with Crippen molar-refractivity contribution < 1.29 is 47.8 Å². The molecule has 0 amide bonds. The van der Waals surface area contributed by atoms with Crippen molar-refractivity contribution in [1.82, 2.24) is 0 Å². The summed E-state index contributed by atoms with van der Waals surface area (Å²) in [4.78, 5) is 34.2. The minimum Gasteiger partial charge on any atom is -0.462 e. The van der Waals surface area contributed by atoms with Crippen molar-refractivity contribution in [3.63, 3.8) is 0 Å². The predicted molar refractivity (Wildman–Crippen MR) is 141 cm³/mol. The van der Waals surface area contributed by atoms with E-state index in [9.17, 15) is 24.2 Å². The van der Waals surface area contributed by atoms with Crippen LogP contribution in [0.5, 0.6) is 0 Å². The van der Waals surface area contributed by atoms with Gasteiger partial charge in [-0.25, -0.2) is 4.57 Å². The molecule has 3 N–H and O–H groups in total. The summed E-state index contributed by atoms with van der Waals surface area (Å²) in [5.41, 5.74) is 0. The maximum Gasteiger partial charge on any atom is 0.472 e. The van der Waals surface area contributed by atoms with Gasteiger partial charge in [-0.05, 0) is 12.8 Å². The number of aliphatic hydroxyl groups excluding tert-OH is 2. The van der Waals surface area contributed by atoms with Crippen molar-refractivity contribution in [2.45, 2.75) is 129 Å². The number of carbonyl (C=O) groups is 2. The first-order chi connectivity index (χ1) is 17.7. The molecule has 0 rings (SSSR count). The van der Waals surface area contributed by atoms with E-state index in [1.54, 1.807) is 0 Å². The zero-order chi connectivity index (χ0) is 27.8. The molecule has 0 aromatic rings. The Morgan fingerprint density at radius 1 is 0.703 bits per heavy atom. The first-order valence-electron chi connectivity index (χ1n) is 14.0. The lowest BCUT2D eigenvalue weighted by molar-refractivity contribution is -0.161. The number of carbonyl (C=O) groups excluding carboxylic acids is 2. The van der Waals surface area contributed by atoms with E-state index in [0.717, 1.165) is 38.5 Å². The van der Waals surface area contributed by atoms with E-state index in [2.05, 4.69) is 18.4 Å². The molecule has 0 radical (unpaired) electrons. The molecule has 0 aliphatic carbocycles. The zero-order valence-electron chi connectivity index (χ0n) is 22.9. The summed E-state index contributed by atoms with van der Waals surface area (Å²) in [6, 6.07) is 0. The second kappa shape index (κ2) is 24.0. The second-order valence-corrected chi connectivity index (χ2v) is 10.9. The third-order valence-corrected chi connectivity index (χ3v) is 6.71. The van der Waals surface area contributed by atoms with Gasteiger partial charge in [0.1, 0.15) is 12.7 Å². The summed E-state index contributed by atoms with van der Waals surface area (Å²) in [5.74, 6) is -0.939. The zero-order valence-corrected chi connectivity index (χ0v) is 23.8. The van der Waals surface area contributed by atoms with Gasteiger partial charge in [-0.15, -0.1) is 0 Å². The lowest BCUT2D eigenvalue weighted by Crippen LogP contribution is -2.29. The van der Waals surface area contributed by atoms with Crippen molar-refractivity contribution in [2.24, 2.45) is 0 Å². The standard InChI is InChI=1S/C26H51O10P/c1-3-5-7-9-11-13-15-17-25(29)33-21-24(22-35-37(31,32)34-20-23(28)19-27)36-26(30)18-16-14-12-10-8-6-4-2/h23-24,27-28H,3-22H2,1-2H3,(H,31,32). The molecule has 0 heterocycles. The number of hydrogen-bond donors (Lipinski definition) is 3. The fourth-order valence-electron chi connectivity index (χ4n) is 3.52. The van der Waals surface area contributed by atoms with Gasteiger partial charge in [0.2, 0.25) is 0 Å². The first-order valence-corrected chi connectivity index (χ1v) is 15.5. The molecule has 37 heavy (non-hydrogen) atoms. The number of aliphatic hydroxyl groups is 2. The van der Waals surface area contributed by atoms with E-state index in [1.165, 1.54) is 38.5 Å². The van der Waals surface area contributed by atoms with Gasteiger partial charge in [0.05, 0.1) is 19.8 Å². The number of phosphoric ester groups is 1. The lowest BCUT2D eigenvalue weighted by atomic mass is 10.1. The van der Waals surface area contributed by atoms with Gasteiger partial charge in [-0.2, -0.15) is 0 Å². The van der Waals surface area contributed by atoms with Gasteiger partial charge in [0.15, 0.2) is 6.10 Å². The van der Waals surface area contributed by atoms with Crippen LogP contribution >= 0.6 is 7.82 Å². The monoisotopic (exact) mass is 554 g/mol. The van der Waals surface area contributed by atoms with Crippen LogP contribution in [-0.4, -0.2) is 65.7 Å². The maximum absolute atomic E-state index is 12.3. The Morgan fingerprint density at radius 2 is 1.16 bits per heavy atom. The van der Waals surface area contributed by atoms with E-state index in [4.69, 9.17) is 19.1 Å². The Labute approximate surface area is 223 Å². The van der Waals surface area contributed by atoms with Crippen LogP contribution in [0.4, 0.5) is 0 Å². The fraction of sp³-hybridized carbons (Fsp3) is 0.923. The molecule has 3 atom stereocenters. The van der Waals surface area contributed by atoms with Crippen molar-refractivity contribution in [3.05, 3.63) is 0 Å². The molecule has 0 aromatic carbocycles. The summed E-state index contributed by atoms with van der Waals surface area (Å²) >= 11 is 0. The minimum atomic E-state index is -4.58. The maximum atomic E-state index is 12.3. The van der Waals surface area contributed by atoms with Gasteiger partial charge in [-0.1, -0.05) is 90.9 Å². The third-order valence-electron chi connectivity index (χ3n) is 5.76. The Balaban J connectivity index is 4.54. The molecule has 0 spiro atoms. The van der Waals surface area contributed by atoms with E-state index < -0.39 is 51.8 Å². The quantitative estimate of drug-likeness (QED) is 0.0739. The van der Waals surface area contributed by atoms with Crippen molar-refractivity contribution >= 4 is 19.8 Å². The molecule has 0 saturated heterocycles. The molecule has 220 valence electrons. The number of hydrogen-bond acceptors (Lipinski definition) is 9. The van der Waals surface area contributed by atoms with Gasteiger partial charge < -0.3 is 24.6 Å². The molecular formula is C26H51O10P. The first kappa shape index (κ1) is 36.0. The average Bonchev–Trinajstić information content (AvgIpc) is 2.87. The van der Waals surface area contributed by atoms with Gasteiger partial charge >= 0.3 is 19.8 Å². The van der Waals surface area contributed by atoms with Crippen molar-refractivity contribution in [1.29, 1.82) is 0 Å². The highest BCUT2D eigenvalue weighted by Crippen LogP contribution is 2.43. The van der Waals surface area contributed by atoms with Crippen molar-refractivity contribution in [3.8, 4) is 0 Å².